The van der Waals surface area contributed by atoms with Crippen LogP contribution in [0, 0.1) is 0 Å². The van der Waals surface area contributed by atoms with Gasteiger partial charge in [0.05, 0.1) is 11.0 Å². The summed E-state index contributed by atoms with van der Waals surface area (Å²) < 4.78 is 2.45. The van der Waals surface area contributed by atoms with E-state index in [1.54, 1.807) is 0 Å². The Labute approximate surface area is 321 Å². The molecule has 1 nitrogen and oxygen atoms in total. The van der Waals surface area contributed by atoms with Crippen LogP contribution in [0.3, 0.4) is 0 Å². The first-order valence-electron chi connectivity index (χ1n) is 19.3. The Hall–Kier alpha value is -6.70. The van der Waals surface area contributed by atoms with Gasteiger partial charge in [0.15, 0.2) is 0 Å². The summed E-state index contributed by atoms with van der Waals surface area (Å²) in [6.07, 6.45) is 0. The number of hydrogen-bond donors (Lipinski definition) is 0. The summed E-state index contributed by atoms with van der Waals surface area (Å²) in [7, 11) is 0. The molecular formula is C54H39N. The lowest BCUT2D eigenvalue weighted by Crippen LogP contribution is -2.10. The predicted molar refractivity (Wildman–Crippen MR) is 235 cm³/mol. The van der Waals surface area contributed by atoms with Crippen LogP contribution in [0.25, 0.3) is 105 Å². The molecular weight excluding hydrogens is 663 g/mol. The van der Waals surface area contributed by atoms with Gasteiger partial charge in [0, 0.05) is 16.5 Å². The van der Waals surface area contributed by atoms with Gasteiger partial charge in [-0.05, 0) is 155 Å². The van der Waals surface area contributed by atoms with Gasteiger partial charge in [-0.2, -0.15) is 0 Å². The lowest BCUT2D eigenvalue weighted by atomic mass is 9.77. The first-order valence-corrected chi connectivity index (χ1v) is 19.3. The summed E-state index contributed by atoms with van der Waals surface area (Å²) in [6, 6.07) is 67.8. The molecule has 0 aliphatic heterocycles. The van der Waals surface area contributed by atoms with E-state index < -0.39 is 0 Å². The number of nitrogens with zero attached hydrogens (tertiary/aromatic N) is 1. The average molecular weight is 702 g/mol. The minimum Gasteiger partial charge on any atom is -0.309 e. The molecule has 0 bridgehead atoms. The molecule has 9 aromatic carbocycles. The van der Waals surface area contributed by atoms with Crippen molar-refractivity contribution in [2.24, 2.45) is 0 Å². The van der Waals surface area contributed by atoms with E-state index in [1.807, 2.05) is 0 Å². The number of fused-ring (bicyclic) bond motifs is 9. The fraction of sp³-hybridized carbons (Fsp3) is 0.0741. The zero-order valence-electron chi connectivity index (χ0n) is 31.3. The Balaban J connectivity index is 1.01. The summed E-state index contributed by atoms with van der Waals surface area (Å²) in [5.74, 6) is 0. The van der Waals surface area contributed by atoms with Crippen LogP contribution < -0.4 is 0 Å². The lowest BCUT2D eigenvalue weighted by molar-refractivity contribution is 0.590. The Morgan fingerprint density at radius 1 is 0.327 bits per heavy atom. The molecule has 10 aromatic rings. The first kappa shape index (κ1) is 31.8. The summed E-state index contributed by atoms with van der Waals surface area (Å²) >= 11 is 0. The van der Waals surface area contributed by atoms with Gasteiger partial charge < -0.3 is 4.57 Å². The molecule has 55 heavy (non-hydrogen) atoms. The fourth-order valence-electron chi connectivity index (χ4n) is 8.81. The molecule has 1 heteroatoms. The van der Waals surface area contributed by atoms with Gasteiger partial charge in [0.1, 0.15) is 0 Å². The number of benzene rings is 9. The highest BCUT2D eigenvalue weighted by molar-refractivity contribution is 6.14. The van der Waals surface area contributed by atoms with Crippen molar-refractivity contribution in [3.05, 3.63) is 188 Å². The Morgan fingerprint density at radius 2 is 0.745 bits per heavy atom. The molecule has 0 atom stereocenters. The van der Waals surface area contributed by atoms with Gasteiger partial charge >= 0.3 is 0 Å². The minimum atomic E-state index is 0.148. The molecule has 0 saturated carbocycles. The molecule has 0 spiro atoms. The third-order valence-corrected chi connectivity index (χ3v) is 11.8. The van der Waals surface area contributed by atoms with Crippen LogP contribution in [0.5, 0.6) is 0 Å². The molecule has 0 unspecified atom stereocenters. The molecule has 0 N–H and O–H groups in total. The smallest absolute Gasteiger partial charge is 0.0541 e. The maximum absolute atomic E-state index is 2.45. The SMILES string of the molecule is CC(C)(C)c1ccc(-c2ccc3cc4c(cc3c2)-c2cc3ccc(-n5c6ccc(-c7ccccc7)cc6c6cc(-c7ccccc7)ccc65)cc3cc2-4)cc1. The summed E-state index contributed by atoms with van der Waals surface area (Å²) in [5, 5.41) is 7.61. The van der Waals surface area contributed by atoms with Crippen LogP contribution >= 0.6 is 0 Å². The normalized spacial score (nSPS) is 12.3. The van der Waals surface area contributed by atoms with Crippen molar-refractivity contribution < 1.29 is 0 Å². The third kappa shape index (κ3) is 5.15. The fourth-order valence-corrected chi connectivity index (χ4v) is 8.81. The second kappa shape index (κ2) is 11.9. The van der Waals surface area contributed by atoms with E-state index in [1.165, 1.54) is 110 Å². The molecule has 0 radical (unpaired) electrons. The quantitative estimate of drug-likeness (QED) is 0.172. The van der Waals surface area contributed by atoms with Crippen LogP contribution in [-0.4, -0.2) is 4.57 Å². The molecule has 0 amide bonds. The predicted octanol–water partition coefficient (Wildman–Crippen LogP) is 15.0. The zero-order chi connectivity index (χ0) is 36.8. The van der Waals surface area contributed by atoms with Gasteiger partial charge in [-0.25, -0.2) is 0 Å². The van der Waals surface area contributed by atoms with E-state index in [2.05, 4.69) is 207 Å². The minimum absolute atomic E-state index is 0.148. The maximum Gasteiger partial charge on any atom is 0.0541 e. The van der Waals surface area contributed by atoms with Crippen molar-refractivity contribution in [3.8, 4) is 61.3 Å². The molecule has 1 aliphatic rings. The van der Waals surface area contributed by atoms with Crippen molar-refractivity contribution in [2.75, 3.05) is 0 Å². The highest BCUT2D eigenvalue weighted by Crippen LogP contribution is 2.51. The summed E-state index contributed by atoms with van der Waals surface area (Å²) in [5.41, 5.74) is 17.9. The van der Waals surface area contributed by atoms with E-state index in [0.29, 0.717) is 0 Å². The molecule has 1 aliphatic carbocycles. The van der Waals surface area contributed by atoms with Gasteiger partial charge in [-0.3, -0.25) is 0 Å². The van der Waals surface area contributed by atoms with Crippen LogP contribution in [0.4, 0.5) is 0 Å². The molecule has 0 fully saturated rings. The standard InChI is InChI=1S/C54H39N/c1-54(2,3)44-21-16-36(17-22-44)37-14-15-40-28-46-48(32-42(40)26-37)47-29-41-18-23-45(27-43(41)33-49(46)47)55-52-24-19-38(34-10-6-4-7-11-34)30-50(52)51-31-39(20-25-53(51)55)35-12-8-5-9-13-35/h4-33H,1-3H3. The molecule has 260 valence electrons. The van der Waals surface area contributed by atoms with E-state index in [4.69, 9.17) is 0 Å². The summed E-state index contributed by atoms with van der Waals surface area (Å²) in [6.45, 7) is 6.80. The highest BCUT2D eigenvalue weighted by atomic mass is 15.0. The Bertz CT molecular complexity index is 3040. The largest absolute Gasteiger partial charge is 0.309 e. The summed E-state index contributed by atoms with van der Waals surface area (Å²) in [4.78, 5) is 0. The monoisotopic (exact) mass is 701 g/mol. The van der Waals surface area contributed by atoms with Crippen molar-refractivity contribution in [3.63, 3.8) is 0 Å². The maximum atomic E-state index is 2.45. The zero-order valence-corrected chi connectivity index (χ0v) is 31.3. The highest BCUT2D eigenvalue weighted by Gasteiger charge is 2.24. The molecule has 11 rings (SSSR count). The number of aromatic nitrogens is 1. The Kier molecular flexibility index (Phi) is 6.88. The van der Waals surface area contributed by atoms with E-state index in [-0.39, 0.29) is 5.41 Å². The number of rotatable bonds is 4. The van der Waals surface area contributed by atoms with Gasteiger partial charge in [-0.15, -0.1) is 0 Å². The van der Waals surface area contributed by atoms with E-state index in [9.17, 15) is 0 Å². The Morgan fingerprint density at radius 3 is 1.27 bits per heavy atom. The van der Waals surface area contributed by atoms with Gasteiger partial charge in [-0.1, -0.05) is 136 Å². The van der Waals surface area contributed by atoms with Crippen molar-refractivity contribution in [1.82, 2.24) is 4.57 Å². The first-order chi connectivity index (χ1) is 26.9. The van der Waals surface area contributed by atoms with E-state index in [0.717, 1.165) is 0 Å². The van der Waals surface area contributed by atoms with E-state index >= 15 is 0 Å². The van der Waals surface area contributed by atoms with Crippen molar-refractivity contribution in [1.29, 1.82) is 0 Å². The van der Waals surface area contributed by atoms with Crippen LogP contribution in [0.1, 0.15) is 26.3 Å². The number of hydrogen-bond acceptors (Lipinski definition) is 0. The van der Waals surface area contributed by atoms with Crippen molar-refractivity contribution in [2.45, 2.75) is 26.2 Å². The second-order valence-electron chi connectivity index (χ2n) is 16.2. The third-order valence-electron chi connectivity index (χ3n) is 11.8. The molecule has 1 heterocycles. The van der Waals surface area contributed by atoms with Gasteiger partial charge in [0.2, 0.25) is 0 Å². The molecule has 1 aromatic heterocycles. The average Bonchev–Trinajstić information content (AvgIpc) is 3.55. The lowest BCUT2D eigenvalue weighted by Gasteiger charge is -2.26. The van der Waals surface area contributed by atoms with Crippen LogP contribution in [0.2, 0.25) is 0 Å². The molecule has 0 saturated heterocycles. The van der Waals surface area contributed by atoms with Crippen molar-refractivity contribution >= 4 is 43.4 Å². The topological polar surface area (TPSA) is 4.93 Å². The second-order valence-corrected chi connectivity index (χ2v) is 16.2. The van der Waals surface area contributed by atoms with Gasteiger partial charge in [0.25, 0.3) is 0 Å². The van der Waals surface area contributed by atoms with Crippen LogP contribution in [-0.2, 0) is 5.41 Å². The van der Waals surface area contributed by atoms with Crippen LogP contribution in [0.15, 0.2) is 182 Å².